The Morgan fingerprint density at radius 3 is 2.67 bits per heavy atom. The van der Waals surface area contributed by atoms with Gasteiger partial charge in [-0.15, -0.1) is 0 Å². The van der Waals surface area contributed by atoms with E-state index < -0.39 is 0 Å². The average molecular weight is 364 g/mol. The molecule has 0 aromatic carbocycles. The molecule has 0 unspecified atom stereocenters. The predicted molar refractivity (Wildman–Crippen MR) is 102 cm³/mol. The van der Waals surface area contributed by atoms with Crippen LogP contribution >= 0.6 is 0 Å². The van der Waals surface area contributed by atoms with E-state index in [1.54, 1.807) is 37.8 Å². The van der Waals surface area contributed by atoms with Crippen LogP contribution in [0, 0.1) is 0 Å². The number of methoxy groups -OCH3 is 1. The second kappa shape index (κ2) is 8.70. The van der Waals surface area contributed by atoms with Gasteiger partial charge in [-0.25, -0.2) is 15.0 Å². The number of ether oxygens (including phenoxy) is 1. The van der Waals surface area contributed by atoms with E-state index in [1.807, 2.05) is 18.2 Å². The lowest BCUT2D eigenvalue weighted by molar-refractivity contribution is 0.0953. The van der Waals surface area contributed by atoms with Crippen molar-refractivity contribution in [3.05, 3.63) is 60.2 Å². The van der Waals surface area contributed by atoms with Gasteiger partial charge in [0.25, 0.3) is 5.91 Å². The summed E-state index contributed by atoms with van der Waals surface area (Å²) in [5.41, 5.74) is 2.21. The van der Waals surface area contributed by atoms with Gasteiger partial charge in [-0.1, -0.05) is 0 Å². The maximum absolute atomic E-state index is 12.3. The smallest absolute Gasteiger partial charge is 0.251 e. The number of nitrogens with one attached hydrogen (secondary N) is 2. The summed E-state index contributed by atoms with van der Waals surface area (Å²) >= 11 is 0. The predicted octanol–water partition coefficient (Wildman–Crippen LogP) is 1.96. The maximum Gasteiger partial charge on any atom is 0.251 e. The topological polar surface area (TPSA) is 102 Å². The van der Waals surface area contributed by atoms with Gasteiger partial charge in [0.15, 0.2) is 5.82 Å². The first kappa shape index (κ1) is 18.2. The van der Waals surface area contributed by atoms with Crippen LogP contribution in [0.15, 0.2) is 48.9 Å². The molecule has 0 saturated carbocycles. The normalized spacial score (nSPS) is 10.3. The molecule has 1 amide bonds. The van der Waals surface area contributed by atoms with Gasteiger partial charge in [0.05, 0.1) is 7.11 Å². The molecule has 8 heteroatoms. The van der Waals surface area contributed by atoms with Gasteiger partial charge >= 0.3 is 0 Å². The molecule has 8 nitrogen and oxygen atoms in total. The Morgan fingerprint density at radius 1 is 1.11 bits per heavy atom. The Kier molecular flexibility index (Phi) is 5.88. The third kappa shape index (κ3) is 4.75. The van der Waals surface area contributed by atoms with Crippen LogP contribution in [0.2, 0.25) is 0 Å². The molecule has 2 N–H and O–H groups in total. The van der Waals surface area contributed by atoms with Crippen LogP contribution in [0.3, 0.4) is 0 Å². The van der Waals surface area contributed by atoms with Crippen molar-refractivity contribution in [2.24, 2.45) is 0 Å². The number of pyridine rings is 2. The lowest BCUT2D eigenvalue weighted by Gasteiger charge is -2.09. The van der Waals surface area contributed by atoms with E-state index in [0.29, 0.717) is 30.2 Å². The molecule has 0 aliphatic carbocycles. The molecule has 0 spiro atoms. The first-order valence-corrected chi connectivity index (χ1v) is 8.44. The van der Waals surface area contributed by atoms with Crippen LogP contribution in [0.5, 0.6) is 5.88 Å². The highest BCUT2D eigenvalue weighted by Gasteiger charge is 2.09. The number of rotatable bonds is 7. The fourth-order valence-electron chi connectivity index (χ4n) is 2.45. The van der Waals surface area contributed by atoms with Crippen molar-refractivity contribution in [1.82, 2.24) is 25.3 Å². The van der Waals surface area contributed by atoms with Gasteiger partial charge in [0.2, 0.25) is 5.88 Å². The fourth-order valence-corrected chi connectivity index (χ4v) is 2.45. The Hall–Kier alpha value is -3.55. The van der Waals surface area contributed by atoms with E-state index >= 15 is 0 Å². The molecule has 138 valence electrons. The van der Waals surface area contributed by atoms with Crippen LogP contribution in [-0.4, -0.2) is 46.5 Å². The molecule has 3 rings (SSSR count). The molecule has 0 saturated heterocycles. The zero-order chi connectivity index (χ0) is 19.1. The molecule has 27 heavy (non-hydrogen) atoms. The van der Waals surface area contributed by atoms with Crippen molar-refractivity contribution >= 4 is 11.7 Å². The van der Waals surface area contributed by atoms with Gasteiger partial charge < -0.3 is 15.4 Å². The van der Waals surface area contributed by atoms with Crippen molar-refractivity contribution in [2.45, 2.75) is 6.42 Å². The third-order valence-electron chi connectivity index (χ3n) is 3.85. The van der Waals surface area contributed by atoms with Crippen LogP contribution < -0.4 is 15.4 Å². The van der Waals surface area contributed by atoms with Crippen molar-refractivity contribution in [3.8, 4) is 17.3 Å². The molecule has 3 aromatic rings. The summed E-state index contributed by atoms with van der Waals surface area (Å²) in [4.78, 5) is 29.3. The number of amides is 1. The molecule has 0 radical (unpaired) electrons. The largest absolute Gasteiger partial charge is 0.481 e. The molecule has 3 heterocycles. The summed E-state index contributed by atoms with van der Waals surface area (Å²) in [7, 11) is 3.32. The Morgan fingerprint density at radius 2 is 1.93 bits per heavy atom. The van der Waals surface area contributed by atoms with Crippen LogP contribution in [0.1, 0.15) is 16.1 Å². The minimum Gasteiger partial charge on any atom is -0.481 e. The first-order chi connectivity index (χ1) is 13.2. The van der Waals surface area contributed by atoms with E-state index in [4.69, 9.17) is 4.74 Å². The van der Waals surface area contributed by atoms with Crippen LogP contribution in [-0.2, 0) is 6.42 Å². The summed E-state index contributed by atoms with van der Waals surface area (Å²) in [6.45, 7) is 0.444. The van der Waals surface area contributed by atoms with Crippen molar-refractivity contribution < 1.29 is 9.53 Å². The van der Waals surface area contributed by atoms with E-state index in [9.17, 15) is 4.79 Å². The van der Waals surface area contributed by atoms with E-state index in [-0.39, 0.29) is 5.91 Å². The zero-order valence-electron chi connectivity index (χ0n) is 15.1. The summed E-state index contributed by atoms with van der Waals surface area (Å²) in [5.74, 6) is 1.55. The van der Waals surface area contributed by atoms with Crippen molar-refractivity contribution in [1.29, 1.82) is 0 Å². The molecule has 3 aromatic heterocycles. The number of aromatic nitrogens is 4. The third-order valence-corrected chi connectivity index (χ3v) is 3.85. The monoisotopic (exact) mass is 364 g/mol. The molecule has 0 bridgehead atoms. The number of carbonyl (C=O) groups is 1. The summed E-state index contributed by atoms with van der Waals surface area (Å²) < 4.78 is 5.04. The Bertz CT molecular complexity index is 917. The second-order valence-electron chi connectivity index (χ2n) is 5.65. The fraction of sp³-hybridized carbons (Fsp3) is 0.211. The van der Waals surface area contributed by atoms with Gasteiger partial charge in [-0.3, -0.25) is 9.78 Å². The van der Waals surface area contributed by atoms with E-state index in [2.05, 4.69) is 30.6 Å². The molecule has 0 aliphatic heterocycles. The first-order valence-electron chi connectivity index (χ1n) is 8.44. The quantitative estimate of drug-likeness (QED) is 0.661. The number of anilines is 1. The second-order valence-corrected chi connectivity index (χ2v) is 5.65. The molecule has 0 aliphatic rings. The highest BCUT2D eigenvalue weighted by atomic mass is 16.5. The van der Waals surface area contributed by atoms with Gasteiger partial charge in [0, 0.05) is 67.6 Å². The lowest BCUT2D eigenvalue weighted by atomic mass is 10.2. The highest BCUT2D eigenvalue weighted by molar-refractivity contribution is 5.94. The summed E-state index contributed by atoms with van der Waals surface area (Å²) in [6, 6.07) is 8.82. The molecular weight excluding hydrogens is 344 g/mol. The number of hydrogen-bond donors (Lipinski definition) is 2. The van der Waals surface area contributed by atoms with Crippen molar-refractivity contribution in [3.63, 3.8) is 0 Å². The Balaban J connectivity index is 1.67. The van der Waals surface area contributed by atoms with Gasteiger partial charge in [-0.05, 0) is 18.2 Å². The van der Waals surface area contributed by atoms with E-state index in [1.165, 1.54) is 7.11 Å². The Labute approximate surface area is 157 Å². The lowest BCUT2D eigenvalue weighted by Crippen LogP contribution is -2.26. The SMILES string of the molecule is CNc1cc(CCNC(=O)c2ccnc(OC)c2)nc(-c2ccncc2)n1. The van der Waals surface area contributed by atoms with Gasteiger partial charge in [0.1, 0.15) is 5.82 Å². The average Bonchev–Trinajstić information content (AvgIpc) is 2.74. The minimum absolute atomic E-state index is 0.187. The standard InChI is InChI=1S/C19H20N6O2/c1-20-16-12-15(24-18(25-16)13-3-7-21-8-4-13)6-10-23-19(26)14-5-9-22-17(11-14)27-2/h3-5,7-9,11-12H,6,10H2,1-2H3,(H,23,26)(H,20,24,25). The zero-order valence-corrected chi connectivity index (χ0v) is 15.1. The highest BCUT2D eigenvalue weighted by Crippen LogP contribution is 2.17. The maximum atomic E-state index is 12.3. The van der Waals surface area contributed by atoms with Crippen LogP contribution in [0.4, 0.5) is 5.82 Å². The summed E-state index contributed by atoms with van der Waals surface area (Å²) in [6.07, 6.45) is 5.52. The minimum atomic E-state index is -0.187. The van der Waals surface area contributed by atoms with E-state index in [0.717, 1.165) is 17.1 Å². The van der Waals surface area contributed by atoms with Crippen molar-refractivity contribution in [2.75, 3.05) is 26.0 Å². The number of nitrogens with zero attached hydrogens (tertiary/aromatic N) is 4. The van der Waals surface area contributed by atoms with Crippen LogP contribution in [0.25, 0.3) is 11.4 Å². The number of hydrogen-bond acceptors (Lipinski definition) is 7. The molecule has 0 atom stereocenters. The van der Waals surface area contributed by atoms with Gasteiger partial charge in [-0.2, -0.15) is 0 Å². The number of carbonyl (C=O) groups excluding carboxylic acids is 1. The summed E-state index contributed by atoms with van der Waals surface area (Å²) in [5, 5.41) is 5.92. The molecular formula is C19H20N6O2. The molecule has 0 fully saturated rings.